The van der Waals surface area contributed by atoms with Crippen molar-refractivity contribution in [2.45, 2.75) is 44.8 Å². The molecule has 1 saturated carbocycles. The molecule has 1 aromatic carbocycles. The van der Waals surface area contributed by atoms with Gasteiger partial charge in [0.25, 0.3) is 5.89 Å². The van der Waals surface area contributed by atoms with E-state index in [9.17, 15) is 0 Å². The number of rotatable bonds is 4. The van der Waals surface area contributed by atoms with Crippen LogP contribution in [0, 0.1) is 6.92 Å². The van der Waals surface area contributed by atoms with Gasteiger partial charge in [-0.15, -0.1) is 12.4 Å². The summed E-state index contributed by atoms with van der Waals surface area (Å²) >= 11 is 6.00. The lowest BCUT2D eigenvalue weighted by Gasteiger charge is -2.34. The average Bonchev–Trinajstić information content (AvgIpc) is 2.90. The van der Waals surface area contributed by atoms with Gasteiger partial charge in [0.05, 0.1) is 5.54 Å². The highest BCUT2D eigenvalue weighted by atomic mass is 35.5. The second-order valence-corrected chi connectivity index (χ2v) is 6.04. The van der Waals surface area contributed by atoms with Crippen LogP contribution in [0.4, 0.5) is 0 Å². The molecule has 5 nitrogen and oxygen atoms in total. The van der Waals surface area contributed by atoms with Gasteiger partial charge in [0.15, 0.2) is 11.9 Å². The third kappa shape index (κ3) is 3.21. The van der Waals surface area contributed by atoms with E-state index < -0.39 is 5.54 Å². The summed E-state index contributed by atoms with van der Waals surface area (Å²) in [7, 11) is 0. The molecule has 1 atom stereocenters. The number of halogens is 2. The molecule has 0 spiro atoms. The number of nitrogens with two attached hydrogens (primary N) is 1. The number of hydrogen-bond acceptors (Lipinski definition) is 5. The summed E-state index contributed by atoms with van der Waals surface area (Å²) in [6, 6.07) is 5.51. The fourth-order valence-electron chi connectivity index (χ4n) is 2.33. The van der Waals surface area contributed by atoms with Crippen molar-refractivity contribution in [3.05, 3.63) is 40.5 Å². The van der Waals surface area contributed by atoms with Crippen LogP contribution in [-0.4, -0.2) is 10.1 Å². The van der Waals surface area contributed by atoms with E-state index in [0.717, 1.165) is 30.6 Å². The van der Waals surface area contributed by atoms with Crippen molar-refractivity contribution in [1.82, 2.24) is 10.1 Å². The Morgan fingerprint density at radius 3 is 2.73 bits per heavy atom. The summed E-state index contributed by atoms with van der Waals surface area (Å²) in [4.78, 5) is 4.39. The minimum absolute atomic E-state index is 0. The molecule has 1 aliphatic carbocycles. The molecule has 1 aliphatic rings. The summed E-state index contributed by atoms with van der Waals surface area (Å²) in [5.74, 6) is 1.73. The topological polar surface area (TPSA) is 74.2 Å². The molecule has 2 N–H and O–H groups in total. The zero-order valence-electron chi connectivity index (χ0n) is 12.5. The Hall–Kier alpha value is -1.30. The maximum Gasteiger partial charge on any atom is 0.267 e. The number of aromatic nitrogens is 2. The third-order valence-corrected chi connectivity index (χ3v) is 4.35. The standard InChI is InChI=1S/C15H18ClN3O2.ClH/c1-9-8-11(4-5-12(9)16)20-10(2)13-18-14(19-21-13)15(17)6-3-7-15;/h4-5,8,10H,3,6-7,17H2,1-2H3;1H. The average molecular weight is 344 g/mol. The zero-order chi connectivity index (χ0) is 15.0. The highest BCUT2D eigenvalue weighted by Crippen LogP contribution is 2.37. The van der Waals surface area contributed by atoms with Crippen LogP contribution in [0.15, 0.2) is 22.7 Å². The summed E-state index contributed by atoms with van der Waals surface area (Å²) in [5.41, 5.74) is 6.73. The van der Waals surface area contributed by atoms with Crippen molar-refractivity contribution in [3.63, 3.8) is 0 Å². The molecule has 0 radical (unpaired) electrons. The van der Waals surface area contributed by atoms with Gasteiger partial charge in [0.1, 0.15) is 5.75 Å². The Balaban J connectivity index is 0.00000176. The molecule has 3 rings (SSSR count). The van der Waals surface area contributed by atoms with E-state index in [2.05, 4.69) is 10.1 Å². The molecule has 0 amide bonds. The number of hydrogen-bond donors (Lipinski definition) is 1. The van der Waals surface area contributed by atoms with Gasteiger partial charge >= 0.3 is 0 Å². The van der Waals surface area contributed by atoms with Crippen molar-refractivity contribution in [3.8, 4) is 5.75 Å². The Kier molecular flexibility index (Phi) is 5.00. The van der Waals surface area contributed by atoms with Gasteiger partial charge in [-0.1, -0.05) is 16.8 Å². The van der Waals surface area contributed by atoms with Gasteiger partial charge in [-0.2, -0.15) is 4.98 Å². The second kappa shape index (κ2) is 6.44. The van der Waals surface area contributed by atoms with Crippen LogP contribution in [0.5, 0.6) is 5.75 Å². The normalized spacial score (nSPS) is 17.3. The first-order chi connectivity index (χ1) is 9.98. The van der Waals surface area contributed by atoms with Gasteiger partial charge < -0.3 is 15.0 Å². The van der Waals surface area contributed by atoms with Crippen molar-refractivity contribution in [1.29, 1.82) is 0 Å². The summed E-state index contributed by atoms with van der Waals surface area (Å²) in [6.07, 6.45) is 2.57. The van der Waals surface area contributed by atoms with Crippen LogP contribution in [-0.2, 0) is 5.54 Å². The van der Waals surface area contributed by atoms with E-state index >= 15 is 0 Å². The van der Waals surface area contributed by atoms with Crippen molar-refractivity contribution in [2.75, 3.05) is 0 Å². The predicted octanol–water partition coefficient (Wildman–Crippen LogP) is 3.93. The molecule has 1 fully saturated rings. The van der Waals surface area contributed by atoms with Crippen LogP contribution in [0.1, 0.15) is 49.6 Å². The predicted molar refractivity (Wildman–Crippen MR) is 86.5 cm³/mol. The number of aryl methyl sites for hydroxylation is 1. The first-order valence-electron chi connectivity index (χ1n) is 7.04. The summed E-state index contributed by atoms with van der Waals surface area (Å²) in [5, 5.41) is 4.71. The minimum Gasteiger partial charge on any atom is -0.481 e. The largest absolute Gasteiger partial charge is 0.481 e. The van der Waals surface area contributed by atoms with Gasteiger partial charge in [-0.25, -0.2) is 0 Å². The molecule has 22 heavy (non-hydrogen) atoms. The lowest BCUT2D eigenvalue weighted by molar-refractivity contribution is 0.174. The van der Waals surface area contributed by atoms with E-state index in [1.165, 1.54) is 0 Å². The fraction of sp³-hybridized carbons (Fsp3) is 0.467. The van der Waals surface area contributed by atoms with E-state index in [0.29, 0.717) is 16.7 Å². The monoisotopic (exact) mass is 343 g/mol. The summed E-state index contributed by atoms with van der Waals surface area (Å²) in [6.45, 7) is 3.80. The van der Waals surface area contributed by atoms with Crippen molar-refractivity contribution < 1.29 is 9.26 Å². The maximum atomic E-state index is 6.19. The smallest absolute Gasteiger partial charge is 0.267 e. The fourth-order valence-corrected chi connectivity index (χ4v) is 2.45. The molecule has 1 unspecified atom stereocenters. The van der Waals surface area contributed by atoms with E-state index in [-0.39, 0.29) is 18.5 Å². The van der Waals surface area contributed by atoms with Gasteiger partial charge in [-0.3, -0.25) is 0 Å². The molecule has 1 heterocycles. The second-order valence-electron chi connectivity index (χ2n) is 5.64. The summed E-state index contributed by atoms with van der Waals surface area (Å²) < 4.78 is 11.1. The Morgan fingerprint density at radius 2 is 2.14 bits per heavy atom. The number of ether oxygens (including phenoxy) is 1. The number of nitrogens with zero attached hydrogens (tertiary/aromatic N) is 2. The Morgan fingerprint density at radius 1 is 1.41 bits per heavy atom. The van der Waals surface area contributed by atoms with Crippen molar-refractivity contribution >= 4 is 24.0 Å². The molecule has 120 valence electrons. The van der Waals surface area contributed by atoms with Gasteiger partial charge in [0.2, 0.25) is 0 Å². The van der Waals surface area contributed by atoms with E-state index in [1.807, 2.05) is 26.0 Å². The molecule has 0 bridgehead atoms. The highest BCUT2D eigenvalue weighted by molar-refractivity contribution is 6.31. The first-order valence-corrected chi connectivity index (χ1v) is 7.41. The molecule has 1 aromatic heterocycles. The molecule has 2 aromatic rings. The minimum atomic E-state index is -0.418. The Labute approximate surface area is 140 Å². The van der Waals surface area contributed by atoms with Crippen LogP contribution in [0.25, 0.3) is 0 Å². The van der Waals surface area contributed by atoms with Gasteiger partial charge in [-0.05, 0) is 56.9 Å². The molecular formula is C15H19Cl2N3O2. The SMILES string of the molecule is Cc1cc(OC(C)c2nc(C3(N)CCC3)no2)ccc1Cl.Cl. The maximum absolute atomic E-state index is 6.19. The number of benzene rings is 1. The van der Waals surface area contributed by atoms with E-state index in [4.69, 9.17) is 26.6 Å². The van der Waals surface area contributed by atoms with Gasteiger partial charge in [0, 0.05) is 5.02 Å². The molecular weight excluding hydrogens is 325 g/mol. The first kappa shape index (κ1) is 17.1. The van der Waals surface area contributed by atoms with Crippen LogP contribution in [0.3, 0.4) is 0 Å². The zero-order valence-corrected chi connectivity index (χ0v) is 14.1. The van der Waals surface area contributed by atoms with Crippen LogP contribution >= 0.6 is 24.0 Å². The lowest BCUT2D eigenvalue weighted by atomic mass is 9.77. The highest BCUT2D eigenvalue weighted by Gasteiger charge is 2.39. The quantitative estimate of drug-likeness (QED) is 0.910. The van der Waals surface area contributed by atoms with E-state index in [1.54, 1.807) is 6.07 Å². The van der Waals surface area contributed by atoms with Crippen LogP contribution < -0.4 is 10.5 Å². The lowest BCUT2D eigenvalue weighted by Crippen LogP contribution is -2.44. The Bertz CT molecular complexity index is 656. The third-order valence-electron chi connectivity index (χ3n) is 3.92. The molecule has 0 saturated heterocycles. The molecule has 0 aliphatic heterocycles. The van der Waals surface area contributed by atoms with Crippen LogP contribution in [0.2, 0.25) is 5.02 Å². The van der Waals surface area contributed by atoms with Crippen molar-refractivity contribution in [2.24, 2.45) is 5.73 Å². The molecule has 7 heteroatoms.